The lowest BCUT2D eigenvalue weighted by Crippen LogP contribution is -2.16. The predicted molar refractivity (Wildman–Crippen MR) is 53.2 cm³/mol. The van der Waals surface area contributed by atoms with Gasteiger partial charge in [0.25, 0.3) is 0 Å². The second-order valence-corrected chi connectivity index (χ2v) is 2.97. The molecule has 0 amide bonds. The molecular weight excluding hydrogens is 214 g/mol. The second-order valence-electron chi connectivity index (χ2n) is 2.97. The van der Waals surface area contributed by atoms with Crippen LogP contribution in [0.5, 0.6) is 0 Å². The molecule has 0 radical (unpaired) electrons. The third-order valence-corrected chi connectivity index (χ3v) is 1.98. The van der Waals surface area contributed by atoms with E-state index in [4.69, 9.17) is 0 Å². The molecule has 0 aliphatic rings. The maximum Gasteiger partial charge on any atom is 0.354 e. The summed E-state index contributed by atoms with van der Waals surface area (Å²) in [6.07, 6.45) is 1.97. The molecule has 0 unspecified atom stereocenters. The Balaban J connectivity index is 3.04. The minimum absolute atomic E-state index is 0.134. The van der Waals surface area contributed by atoms with E-state index in [-0.39, 0.29) is 12.2 Å². The molecule has 0 saturated heterocycles. The van der Waals surface area contributed by atoms with Gasteiger partial charge in [0.2, 0.25) is 0 Å². The number of methoxy groups -OCH3 is 2. The lowest BCUT2D eigenvalue weighted by Gasteiger charge is -2.05. The van der Waals surface area contributed by atoms with E-state index >= 15 is 0 Å². The summed E-state index contributed by atoms with van der Waals surface area (Å²) < 4.78 is 10.3. The lowest BCUT2D eigenvalue weighted by atomic mass is 10.3. The topological polar surface area (TPSA) is 74.6 Å². The summed E-state index contributed by atoms with van der Waals surface area (Å²) in [7, 11) is 2.46. The fourth-order valence-corrected chi connectivity index (χ4v) is 1.21. The zero-order valence-electron chi connectivity index (χ0n) is 8.93. The quantitative estimate of drug-likeness (QED) is 0.542. The number of rotatable bonds is 4. The molecule has 16 heavy (non-hydrogen) atoms. The largest absolute Gasteiger partial charge is 0.468 e. The van der Waals surface area contributed by atoms with Crippen molar-refractivity contribution in [3.05, 3.63) is 23.5 Å². The minimum Gasteiger partial charge on any atom is -0.468 e. The molecule has 0 aliphatic heterocycles. The van der Waals surface area contributed by atoms with Gasteiger partial charge in [0.15, 0.2) is 6.29 Å². The highest BCUT2D eigenvalue weighted by atomic mass is 16.5. The first-order valence-corrected chi connectivity index (χ1v) is 4.42. The van der Waals surface area contributed by atoms with Crippen molar-refractivity contribution in [2.75, 3.05) is 14.2 Å². The Bertz CT molecular complexity index is 421. The van der Waals surface area contributed by atoms with E-state index in [2.05, 4.69) is 9.47 Å². The van der Waals surface area contributed by atoms with Gasteiger partial charge in [-0.25, -0.2) is 4.79 Å². The number of hydrogen-bond acceptors (Lipinski definition) is 5. The van der Waals surface area contributed by atoms with Gasteiger partial charge in [-0.05, 0) is 6.07 Å². The number of carbonyl (C=O) groups is 3. The highest BCUT2D eigenvalue weighted by Gasteiger charge is 2.16. The summed E-state index contributed by atoms with van der Waals surface area (Å²) in [5.41, 5.74) is 0.430. The summed E-state index contributed by atoms with van der Waals surface area (Å²) in [5, 5.41) is 0. The monoisotopic (exact) mass is 225 g/mol. The van der Waals surface area contributed by atoms with Crippen LogP contribution in [0.15, 0.2) is 12.3 Å². The summed E-state index contributed by atoms with van der Waals surface area (Å²) in [6.45, 7) is -0.144. The Morgan fingerprint density at radius 3 is 2.56 bits per heavy atom. The van der Waals surface area contributed by atoms with Crippen molar-refractivity contribution in [3.63, 3.8) is 0 Å². The Morgan fingerprint density at radius 1 is 1.38 bits per heavy atom. The van der Waals surface area contributed by atoms with Crippen LogP contribution in [-0.4, -0.2) is 37.0 Å². The van der Waals surface area contributed by atoms with Gasteiger partial charge >= 0.3 is 11.9 Å². The zero-order chi connectivity index (χ0) is 12.1. The highest BCUT2D eigenvalue weighted by Crippen LogP contribution is 2.08. The van der Waals surface area contributed by atoms with Crippen LogP contribution >= 0.6 is 0 Å². The van der Waals surface area contributed by atoms with Crippen LogP contribution < -0.4 is 0 Å². The molecule has 0 bridgehead atoms. The molecule has 1 rings (SSSR count). The molecule has 1 aromatic heterocycles. The smallest absolute Gasteiger partial charge is 0.354 e. The van der Waals surface area contributed by atoms with E-state index in [9.17, 15) is 14.4 Å². The van der Waals surface area contributed by atoms with Gasteiger partial charge in [-0.3, -0.25) is 9.59 Å². The van der Waals surface area contributed by atoms with Gasteiger partial charge in [-0.2, -0.15) is 0 Å². The first-order chi connectivity index (χ1) is 7.62. The van der Waals surface area contributed by atoms with Crippen molar-refractivity contribution < 1.29 is 23.9 Å². The number of carbonyl (C=O) groups excluding carboxylic acids is 3. The molecular formula is C10H11NO5. The van der Waals surface area contributed by atoms with Crippen LogP contribution in [-0.2, 0) is 20.8 Å². The minimum atomic E-state index is -0.614. The van der Waals surface area contributed by atoms with E-state index in [1.165, 1.54) is 31.0 Å². The van der Waals surface area contributed by atoms with Crippen LogP contribution in [0.3, 0.4) is 0 Å². The summed E-state index contributed by atoms with van der Waals surface area (Å²) >= 11 is 0. The first kappa shape index (κ1) is 12.0. The summed E-state index contributed by atoms with van der Waals surface area (Å²) in [4.78, 5) is 32.9. The molecule has 0 saturated carbocycles. The van der Waals surface area contributed by atoms with Crippen molar-refractivity contribution >= 4 is 18.2 Å². The standard InChI is InChI=1S/C10H11NO5/c1-15-9(13)5-11-4-7(6-12)3-8(11)10(14)16-2/h3-4,6H,5H2,1-2H3. The molecule has 0 aromatic carbocycles. The van der Waals surface area contributed by atoms with Crippen LogP contribution in [0.2, 0.25) is 0 Å². The van der Waals surface area contributed by atoms with Crippen molar-refractivity contribution in [2.45, 2.75) is 6.54 Å². The number of aldehydes is 1. The van der Waals surface area contributed by atoms with Gasteiger partial charge in [0.05, 0.1) is 14.2 Å². The van der Waals surface area contributed by atoms with Gasteiger partial charge in [-0.15, -0.1) is 0 Å². The number of esters is 2. The zero-order valence-corrected chi connectivity index (χ0v) is 8.93. The molecule has 1 aromatic rings. The molecule has 0 aliphatic carbocycles. The van der Waals surface area contributed by atoms with Crippen LogP contribution in [0.25, 0.3) is 0 Å². The van der Waals surface area contributed by atoms with E-state index < -0.39 is 11.9 Å². The normalized spacial score (nSPS) is 9.62. The Morgan fingerprint density at radius 2 is 2.06 bits per heavy atom. The second kappa shape index (κ2) is 5.11. The Labute approximate surface area is 91.8 Å². The van der Waals surface area contributed by atoms with Crippen molar-refractivity contribution in [1.82, 2.24) is 4.57 Å². The highest BCUT2D eigenvalue weighted by molar-refractivity contribution is 5.91. The van der Waals surface area contributed by atoms with Gasteiger partial charge in [0.1, 0.15) is 12.2 Å². The van der Waals surface area contributed by atoms with Crippen LogP contribution in [0.1, 0.15) is 20.8 Å². The van der Waals surface area contributed by atoms with E-state index in [0.29, 0.717) is 11.8 Å². The van der Waals surface area contributed by atoms with E-state index in [1.54, 1.807) is 0 Å². The van der Waals surface area contributed by atoms with Crippen molar-refractivity contribution in [1.29, 1.82) is 0 Å². The first-order valence-electron chi connectivity index (χ1n) is 4.42. The van der Waals surface area contributed by atoms with Gasteiger partial charge < -0.3 is 14.0 Å². The summed E-state index contributed by atoms with van der Waals surface area (Å²) in [5.74, 6) is -1.13. The number of nitrogens with zero attached hydrogens (tertiary/aromatic N) is 1. The van der Waals surface area contributed by atoms with Crippen LogP contribution in [0.4, 0.5) is 0 Å². The number of hydrogen-bond donors (Lipinski definition) is 0. The Hall–Kier alpha value is -2.11. The van der Waals surface area contributed by atoms with Gasteiger partial charge in [0, 0.05) is 11.8 Å². The van der Waals surface area contributed by atoms with Crippen LogP contribution in [0, 0.1) is 0 Å². The van der Waals surface area contributed by atoms with Crippen molar-refractivity contribution in [3.8, 4) is 0 Å². The van der Waals surface area contributed by atoms with E-state index in [0.717, 1.165) is 0 Å². The van der Waals surface area contributed by atoms with Gasteiger partial charge in [-0.1, -0.05) is 0 Å². The SMILES string of the molecule is COC(=O)Cn1cc(C=O)cc1C(=O)OC. The van der Waals surface area contributed by atoms with Crippen molar-refractivity contribution in [2.24, 2.45) is 0 Å². The summed E-state index contributed by atoms with van der Waals surface area (Å²) in [6, 6.07) is 1.35. The molecule has 6 heteroatoms. The molecule has 1 heterocycles. The molecule has 0 fully saturated rings. The predicted octanol–water partition coefficient (Wildman–Crippen LogP) is 0.260. The molecule has 0 spiro atoms. The van der Waals surface area contributed by atoms with E-state index in [1.807, 2.05) is 0 Å². The fourth-order valence-electron chi connectivity index (χ4n) is 1.21. The third-order valence-electron chi connectivity index (χ3n) is 1.98. The third kappa shape index (κ3) is 2.47. The lowest BCUT2D eigenvalue weighted by molar-refractivity contribution is -0.141. The molecule has 0 N–H and O–H groups in total. The number of ether oxygens (including phenoxy) is 2. The Kier molecular flexibility index (Phi) is 3.82. The average Bonchev–Trinajstić information content (AvgIpc) is 2.71. The number of aromatic nitrogens is 1. The average molecular weight is 225 g/mol. The fraction of sp³-hybridized carbons (Fsp3) is 0.300. The molecule has 0 atom stereocenters. The maximum atomic E-state index is 11.3. The maximum absolute atomic E-state index is 11.3. The molecule has 6 nitrogen and oxygen atoms in total. The molecule has 86 valence electrons.